The van der Waals surface area contributed by atoms with Crippen molar-refractivity contribution in [2.75, 3.05) is 13.1 Å². The number of phenolic OH excluding ortho intramolecular Hbond substituents is 1. The van der Waals surface area contributed by atoms with E-state index in [1.807, 2.05) is 12.1 Å². The highest BCUT2D eigenvalue weighted by molar-refractivity contribution is 5.97. The molecule has 1 aromatic rings. The summed E-state index contributed by atoms with van der Waals surface area (Å²) >= 11 is 0. The molecule has 16 heavy (non-hydrogen) atoms. The van der Waals surface area contributed by atoms with Gasteiger partial charge in [0.25, 0.3) is 0 Å². The highest BCUT2D eigenvalue weighted by Gasteiger charge is 2.58. The minimum absolute atomic E-state index is 0.0705. The summed E-state index contributed by atoms with van der Waals surface area (Å²) in [7, 11) is 0. The van der Waals surface area contributed by atoms with Crippen molar-refractivity contribution < 1.29 is 9.90 Å². The summed E-state index contributed by atoms with van der Waals surface area (Å²) < 4.78 is 0. The van der Waals surface area contributed by atoms with Gasteiger partial charge in [-0.15, -0.1) is 0 Å². The van der Waals surface area contributed by atoms with Crippen molar-refractivity contribution in [2.24, 2.45) is 5.92 Å². The first-order chi connectivity index (χ1) is 7.63. The second-order valence-electron chi connectivity index (χ2n) is 4.98. The molecular formula is C13H15NO2. The van der Waals surface area contributed by atoms with Gasteiger partial charge in [-0.25, -0.2) is 0 Å². The molecule has 2 N–H and O–H groups in total. The Morgan fingerprint density at radius 1 is 1.56 bits per heavy atom. The van der Waals surface area contributed by atoms with E-state index >= 15 is 0 Å². The third-order valence-corrected chi connectivity index (χ3v) is 4.01. The van der Waals surface area contributed by atoms with Gasteiger partial charge in [-0.3, -0.25) is 4.79 Å². The van der Waals surface area contributed by atoms with Crippen LogP contribution in [0, 0.1) is 5.92 Å². The smallest absolute Gasteiger partial charge is 0.163 e. The van der Waals surface area contributed by atoms with Crippen LogP contribution in [0.5, 0.6) is 5.75 Å². The third kappa shape index (κ3) is 1.21. The molecule has 0 unspecified atom stereocenters. The quantitative estimate of drug-likeness (QED) is 0.737. The number of hydrogen-bond acceptors (Lipinski definition) is 3. The minimum Gasteiger partial charge on any atom is -0.507 e. The van der Waals surface area contributed by atoms with Crippen LogP contribution in [-0.2, 0) is 5.41 Å². The molecule has 84 valence electrons. The van der Waals surface area contributed by atoms with Crippen LogP contribution in [0.1, 0.15) is 29.3 Å². The van der Waals surface area contributed by atoms with Crippen molar-refractivity contribution in [3.8, 4) is 5.75 Å². The van der Waals surface area contributed by atoms with Gasteiger partial charge in [0, 0.05) is 12.0 Å². The number of fused-ring (bicyclic) bond motifs is 1. The maximum atomic E-state index is 11.4. The fraction of sp³-hybridized carbons (Fsp3) is 0.462. The van der Waals surface area contributed by atoms with Crippen molar-refractivity contribution in [1.82, 2.24) is 5.32 Å². The van der Waals surface area contributed by atoms with Crippen molar-refractivity contribution >= 4 is 5.78 Å². The van der Waals surface area contributed by atoms with Gasteiger partial charge in [0.1, 0.15) is 5.75 Å². The Hall–Kier alpha value is -1.35. The van der Waals surface area contributed by atoms with Crippen molar-refractivity contribution in [3.05, 3.63) is 29.3 Å². The molecule has 0 radical (unpaired) electrons. The highest BCUT2D eigenvalue weighted by Crippen LogP contribution is 2.56. The zero-order chi connectivity index (χ0) is 11.3. The lowest BCUT2D eigenvalue weighted by molar-refractivity contribution is 0.101. The standard InChI is InChI=1S/C13H15NO2/c1-8(15)11-4-9(2-3-12(11)16)13-5-10(13)6-14-7-13/h2-4,10,14,16H,5-7H2,1H3/t10-,13+/m1/s1. The number of benzene rings is 1. The van der Waals surface area contributed by atoms with Crippen LogP contribution in [-0.4, -0.2) is 24.0 Å². The molecular weight excluding hydrogens is 202 g/mol. The number of carbonyl (C=O) groups is 1. The minimum atomic E-state index is -0.0705. The Bertz CT molecular complexity index is 469. The van der Waals surface area contributed by atoms with Gasteiger partial charge < -0.3 is 10.4 Å². The molecule has 0 aromatic heterocycles. The molecule has 1 heterocycles. The molecule has 3 nitrogen and oxygen atoms in total. The Morgan fingerprint density at radius 3 is 2.94 bits per heavy atom. The van der Waals surface area contributed by atoms with Gasteiger partial charge in [-0.05, 0) is 43.5 Å². The SMILES string of the molecule is CC(=O)c1cc([C@]23CNC[C@H]2C3)ccc1O. The Kier molecular flexibility index (Phi) is 1.89. The number of hydrogen-bond donors (Lipinski definition) is 2. The summed E-state index contributed by atoms with van der Waals surface area (Å²) in [6.07, 6.45) is 1.21. The lowest BCUT2D eigenvalue weighted by Gasteiger charge is -2.13. The summed E-state index contributed by atoms with van der Waals surface area (Å²) in [5, 5.41) is 13.0. The Balaban J connectivity index is 2.03. The number of ketones is 1. The number of piperidine rings is 1. The fourth-order valence-corrected chi connectivity index (χ4v) is 2.92. The van der Waals surface area contributed by atoms with Crippen LogP contribution in [0.25, 0.3) is 0 Å². The number of nitrogens with one attached hydrogen (secondary N) is 1. The zero-order valence-electron chi connectivity index (χ0n) is 9.29. The second kappa shape index (κ2) is 3.08. The first kappa shape index (κ1) is 9.85. The molecule has 1 saturated carbocycles. The van der Waals surface area contributed by atoms with Crippen molar-refractivity contribution in [1.29, 1.82) is 0 Å². The average molecular weight is 217 g/mol. The van der Waals surface area contributed by atoms with Gasteiger partial charge in [0.15, 0.2) is 5.78 Å². The van der Waals surface area contributed by atoms with E-state index in [-0.39, 0.29) is 16.9 Å². The van der Waals surface area contributed by atoms with E-state index < -0.39 is 0 Å². The van der Waals surface area contributed by atoms with Crippen molar-refractivity contribution in [3.63, 3.8) is 0 Å². The average Bonchev–Trinajstić information content (AvgIpc) is 2.82. The van der Waals surface area contributed by atoms with Crippen LogP contribution in [0.3, 0.4) is 0 Å². The van der Waals surface area contributed by atoms with E-state index in [4.69, 9.17) is 0 Å². The van der Waals surface area contributed by atoms with E-state index in [0.717, 1.165) is 19.0 Å². The Labute approximate surface area is 94.5 Å². The highest BCUT2D eigenvalue weighted by atomic mass is 16.3. The number of phenols is 1. The number of rotatable bonds is 2. The van der Waals surface area contributed by atoms with E-state index in [9.17, 15) is 9.90 Å². The molecule has 3 rings (SSSR count). The molecule has 1 aliphatic heterocycles. The van der Waals surface area contributed by atoms with E-state index in [0.29, 0.717) is 5.56 Å². The predicted octanol–water partition coefficient (Wildman–Crippen LogP) is 1.46. The summed E-state index contributed by atoms with van der Waals surface area (Å²) in [4.78, 5) is 11.4. The van der Waals surface area contributed by atoms with Crippen LogP contribution in [0.4, 0.5) is 0 Å². The molecule has 1 saturated heterocycles. The molecule has 1 aliphatic carbocycles. The van der Waals surface area contributed by atoms with Crippen molar-refractivity contribution in [2.45, 2.75) is 18.8 Å². The van der Waals surface area contributed by atoms with Gasteiger partial charge >= 0.3 is 0 Å². The van der Waals surface area contributed by atoms with E-state index in [1.165, 1.54) is 18.9 Å². The number of carbonyl (C=O) groups excluding carboxylic acids is 1. The van der Waals surface area contributed by atoms with Crippen LogP contribution >= 0.6 is 0 Å². The number of Topliss-reactive ketones (excluding diaryl/α,β-unsaturated/α-hetero) is 1. The Morgan fingerprint density at radius 2 is 2.38 bits per heavy atom. The summed E-state index contributed by atoms with van der Waals surface area (Å²) in [5.41, 5.74) is 1.90. The fourth-order valence-electron chi connectivity index (χ4n) is 2.92. The maximum Gasteiger partial charge on any atom is 0.163 e. The number of aromatic hydroxyl groups is 1. The predicted molar refractivity (Wildman–Crippen MR) is 60.8 cm³/mol. The normalized spacial score (nSPS) is 31.2. The topological polar surface area (TPSA) is 49.3 Å². The van der Waals surface area contributed by atoms with Gasteiger partial charge in [-0.1, -0.05) is 6.07 Å². The summed E-state index contributed by atoms with van der Waals surface area (Å²) in [6.45, 7) is 3.57. The summed E-state index contributed by atoms with van der Waals surface area (Å²) in [5.74, 6) is 0.742. The summed E-state index contributed by atoms with van der Waals surface area (Å²) in [6, 6.07) is 5.47. The molecule has 0 amide bonds. The van der Waals surface area contributed by atoms with Gasteiger partial charge in [0.05, 0.1) is 5.56 Å². The largest absolute Gasteiger partial charge is 0.507 e. The first-order valence-electron chi connectivity index (χ1n) is 5.69. The second-order valence-corrected chi connectivity index (χ2v) is 4.98. The first-order valence-corrected chi connectivity index (χ1v) is 5.69. The van der Waals surface area contributed by atoms with Crippen LogP contribution in [0.15, 0.2) is 18.2 Å². The monoisotopic (exact) mass is 217 g/mol. The lowest BCUT2D eigenvalue weighted by Crippen LogP contribution is -2.19. The van der Waals surface area contributed by atoms with E-state index in [2.05, 4.69) is 5.32 Å². The maximum absolute atomic E-state index is 11.4. The molecule has 2 aliphatic rings. The molecule has 0 spiro atoms. The van der Waals surface area contributed by atoms with Crippen LogP contribution < -0.4 is 5.32 Å². The molecule has 1 aromatic carbocycles. The molecule has 2 atom stereocenters. The lowest BCUT2D eigenvalue weighted by atomic mass is 9.92. The molecule has 0 bridgehead atoms. The zero-order valence-corrected chi connectivity index (χ0v) is 9.29. The van der Waals surface area contributed by atoms with Crippen LogP contribution in [0.2, 0.25) is 0 Å². The van der Waals surface area contributed by atoms with Gasteiger partial charge in [0.2, 0.25) is 0 Å². The van der Waals surface area contributed by atoms with E-state index in [1.54, 1.807) is 6.07 Å². The van der Waals surface area contributed by atoms with Gasteiger partial charge in [-0.2, -0.15) is 0 Å². The third-order valence-electron chi connectivity index (χ3n) is 4.01. The molecule has 3 heteroatoms. The molecule has 2 fully saturated rings.